The van der Waals surface area contributed by atoms with Crippen molar-refractivity contribution in [3.63, 3.8) is 0 Å². The van der Waals surface area contributed by atoms with Gasteiger partial charge in [0.25, 0.3) is 0 Å². The van der Waals surface area contributed by atoms with Gasteiger partial charge in [-0.1, -0.05) is 12.8 Å². The van der Waals surface area contributed by atoms with Gasteiger partial charge in [0.2, 0.25) is 0 Å². The molecule has 0 saturated heterocycles. The second-order valence-corrected chi connectivity index (χ2v) is 5.44. The van der Waals surface area contributed by atoms with Crippen LogP contribution in [0.4, 0.5) is 0 Å². The lowest BCUT2D eigenvalue weighted by Crippen LogP contribution is -2.38. The van der Waals surface area contributed by atoms with E-state index >= 15 is 0 Å². The molecule has 0 unspecified atom stereocenters. The van der Waals surface area contributed by atoms with Crippen LogP contribution in [0.5, 0.6) is 0 Å². The molecule has 84 valence electrons. The maximum atomic E-state index is 5.92. The van der Waals surface area contributed by atoms with E-state index in [0.717, 1.165) is 11.8 Å². The van der Waals surface area contributed by atoms with Crippen molar-refractivity contribution in [2.75, 3.05) is 0 Å². The first-order chi connectivity index (χ1) is 7.33. The third kappa shape index (κ3) is 2.27. The molecule has 3 N–H and O–H groups in total. The van der Waals surface area contributed by atoms with E-state index in [2.05, 4.69) is 10.3 Å². The highest BCUT2D eigenvalue weighted by Crippen LogP contribution is 2.51. The Kier molecular flexibility index (Phi) is 2.33. The molecule has 0 amide bonds. The smallest absolute Gasteiger partial charge is 0.189 e. The second-order valence-electron chi connectivity index (χ2n) is 5.44. The summed E-state index contributed by atoms with van der Waals surface area (Å²) in [6.45, 7) is 0. The minimum Gasteiger partial charge on any atom is -0.370 e. The first-order valence-corrected chi connectivity index (χ1v) is 6.43. The fourth-order valence-electron chi connectivity index (χ4n) is 2.87. The highest BCUT2D eigenvalue weighted by molar-refractivity contribution is 5.78. The summed E-state index contributed by atoms with van der Waals surface area (Å²) in [5, 5.41) is 3.36. The molecule has 3 aliphatic rings. The maximum Gasteiger partial charge on any atom is 0.189 e. The molecule has 3 heteroatoms. The van der Waals surface area contributed by atoms with Crippen molar-refractivity contribution in [2.24, 2.45) is 22.6 Å². The zero-order valence-corrected chi connectivity index (χ0v) is 9.28. The summed E-state index contributed by atoms with van der Waals surface area (Å²) in [6.07, 6.45) is 9.40. The molecule has 0 spiro atoms. The van der Waals surface area contributed by atoms with Crippen LogP contribution in [0.25, 0.3) is 0 Å². The van der Waals surface area contributed by atoms with Crippen LogP contribution in [-0.2, 0) is 0 Å². The van der Waals surface area contributed by atoms with Gasteiger partial charge in [0, 0.05) is 6.04 Å². The van der Waals surface area contributed by atoms with Crippen molar-refractivity contribution < 1.29 is 0 Å². The fourth-order valence-corrected chi connectivity index (χ4v) is 2.87. The summed E-state index contributed by atoms with van der Waals surface area (Å²) in [4.78, 5) is 4.58. The van der Waals surface area contributed by atoms with Gasteiger partial charge >= 0.3 is 0 Å². The van der Waals surface area contributed by atoms with Crippen molar-refractivity contribution >= 4 is 5.96 Å². The predicted molar refractivity (Wildman–Crippen MR) is 61.6 cm³/mol. The topological polar surface area (TPSA) is 50.4 Å². The van der Waals surface area contributed by atoms with Crippen LogP contribution < -0.4 is 11.1 Å². The molecular weight excluding hydrogens is 186 g/mol. The van der Waals surface area contributed by atoms with Crippen LogP contribution in [0.3, 0.4) is 0 Å². The number of nitrogens with two attached hydrogens (primary N) is 1. The Morgan fingerprint density at radius 1 is 1.13 bits per heavy atom. The molecule has 0 aromatic carbocycles. The first kappa shape index (κ1) is 9.49. The summed E-state index contributed by atoms with van der Waals surface area (Å²) in [5.41, 5.74) is 5.92. The number of hydrogen-bond acceptors (Lipinski definition) is 1. The summed E-state index contributed by atoms with van der Waals surface area (Å²) >= 11 is 0. The van der Waals surface area contributed by atoms with Gasteiger partial charge in [0.15, 0.2) is 5.96 Å². The molecule has 0 heterocycles. The highest BCUT2D eigenvalue weighted by Gasteiger charge is 2.47. The van der Waals surface area contributed by atoms with E-state index in [-0.39, 0.29) is 0 Å². The first-order valence-electron chi connectivity index (χ1n) is 6.43. The zero-order valence-electron chi connectivity index (χ0n) is 9.28. The molecule has 3 rings (SSSR count). The Labute approximate surface area is 91.5 Å². The standard InChI is InChI=1S/C12H21N3/c13-12(14-9-3-1-2-4-9)15-11-7-10(11)8-5-6-8/h8-11H,1-7H2,(H3,13,14,15)/t10-,11+/m0/s1. The fraction of sp³-hybridized carbons (Fsp3) is 0.917. The van der Waals surface area contributed by atoms with Crippen molar-refractivity contribution in [1.82, 2.24) is 5.32 Å². The summed E-state index contributed by atoms with van der Waals surface area (Å²) < 4.78 is 0. The van der Waals surface area contributed by atoms with Crippen molar-refractivity contribution in [2.45, 2.75) is 57.0 Å². The maximum absolute atomic E-state index is 5.92. The normalized spacial score (nSPS) is 36.9. The minimum atomic E-state index is 0.561. The van der Waals surface area contributed by atoms with Gasteiger partial charge in [-0.3, -0.25) is 0 Å². The van der Waals surface area contributed by atoms with Crippen LogP contribution in [0.2, 0.25) is 0 Å². The number of aliphatic imine (C=N–C) groups is 1. The lowest BCUT2D eigenvalue weighted by atomic mass is 10.2. The third-order valence-electron chi connectivity index (χ3n) is 4.04. The van der Waals surface area contributed by atoms with Gasteiger partial charge < -0.3 is 11.1 Å². The Morgan fingerprint density at radius 3 is 2.53 bits per heavy atom. The number of rotatable bonds is 3. The molecule has 3 aliphatic carbocycles. The lowest BCUT2D eigenvalue weighted by molar-refractivity contribution is 0.621. The highest BCUT2D eigenvalue weighted by atomic mass is 15.1. The van der Waals surface area contributed by atoms with Crippen molar-refractivity contribution in [1.29, 1.82) is 0 Å². The van der Waals surface area contributed by atoms with Crippen LogP contribution in [-0.4, -0.2) is 18.0 Å². The van der Waals surface area contributed by atoms with Crippen LogP contribution in [0.1, 0.15) is 44.9 Å². The van der Waals surface area contributed by atoms with Gasteiger partial charge in [-0.05, 0) is 43.9 Å². The van der Waals surface area contributed by atoms with E-state index in [4.69, 9.17) is 5.73 Å². The Morgan fingerprint density at radius 2 is 1.87 bits per heavy atom. The molecule has 0 aromatic rings. The Hall–Kier alpha value is -0.730. The number of hydrogen-bond donors (Lipinski definition) is 2. The van der Waals surface area contributed by atoms with Crippen LogP contribution in [0, 0.1) is 11.8 Å². The van der Waals surface area contributed by atoms with E-state index in [9.17, 15) is 0 Å². The summed E-state index contributed by atoms with van der Waals surface area (Å²) in [7, 11) is 0. The predicted octanol–water partition coefficient (Wildman–Crippen LogP) is 1.63. The molecule has 0 bridgehead atoms. The van der Waals surface area contributed by atoms with Gasteiger partial charge in [0.05, 0.1) is 6.04 Å². The number of nitrogens with zero attached hydrogens (tertiary/aromatic N) is 1. The molecular formula is C12H21N3. The SMILES string of the molecule is NC(=N[C@@H]1C[C@H]1C1CC1)NC1CCCC1. The largest absolute Gasteiger partial charge is 0.370 e. The average molecular weight is 207 g/mol. The van der Waals surface area contributed by atoms with Gasteiger partial charge in [-0.25, -0.2) is 4.99 Å². The van der Waals surface area contributed by atoms with Crippen molar-refractivity contribution in [3.05, 3.63) is 0 Å². The Bertz CT molecular complexity index is 264. The second kappa shape index (κ2) is 3.69. The summed E-state index contributed by atoms with van der Waals surface area (Å²) in [6, 6.07) is 1.17. The number of guanidine groups is 1. The quantitative estimate of drug-likeness (QED) is 0.546. The van der Waals surface area contributed by atoms with E-state index in [1.807, 2.05) is 0 Å². The summed E-state index contributed by atoms with van der Waals surface area (Å²) in [5.74, 6) is 2.59. The molecule has 0 aliphatic heterocycles. The van der Waals surface area contributed by atoms with Crippen LogP contribution >= 0.6 is 0 Å². The van der Waals surface area contributed by atoms with Crippen LogP contribution in [0.15, 0.2) is 4.99 Å². The van der Waals surface area contributed by atoms with Gasteiger partial charge in [-0.15, -0.1) is 0 Å². The van der Waals surface area contributed by atoms with E-state index < -0.39 is 0 Å². The molecule has 3 fully saturated rings. The van der Waals surface area contributed by atoms with Crippen molar-refractivity contribution in [3.8, 4) is 0 Å². The van der Waals surface area contributed by atoms with E-state index in [1.165, 1.54) is 44.9 Å². The third-order valence-corrected chi connectivity index (χ3v) is 4.04. The minimum absolute atomic E-state index is 0.561. The molecule has 0 aromatic heterocycles. The van der Waals surface area contributed by atoms with E-state index in [0.29, 0.717) is 18.0 Å². The average Bonchev–Trinajstić information content (AvgIpc) is 3.07. The molecule has 0 radical (unpaired) electrons. The number of nitrogens with one attached hydrogen (secondary N) is 1. The van der Waals surface area contributed by atoms with Gasteiger partial charge in [-0.2, -0.15) is 0 Å². The zero-order chi connectivity index (χ0) is 10.3. The Balaban J connectivity index is 1.46. The monoisotopic (exact) mass is 207 g/mol. The molecule has 15 heavy (non-hydrogen) atoms. The molecule has 3 saturated carbocycles. The lowest BCUT2D eigenvalue weighted by Gasteiger charge is -2.12. The molecule has 3 nitrogen and oxygen atoms in total. The molecule has 2 atom stereocenters. The van der Waals surface area contributed by atoms with E-state index in [1.54, 1.807) is 0 Å². The van der Waals surface area contributed by atoms with Gasteiger partial charge in [0.1, 0.15) is 0 Å².